The number of β-amino-alcohol motifs (C(OH)–C–C–N with tert-alkyl or cyclic N) is 1. The summed E-state index contributed by atoms with van der Waals surface area (Å²) in [4.78, 5) is 7.30. The third kappa shape index (κ3) is 2.82. The SMILES string of the molecule is CC1(O)CON(S(=O)(=O)c2c[nH]c3cc(C(F)(F)F)ccc23)C1. The number of rotatable bonds is 2. The van der Waals surface area contributed by atoms with Crippen LogP contribution in [0.5, 0.6) is 0 Å². The third-order valence-corrected chi connectivity index (χ3v) is 5.17. The Labute approximate surface area is 129 Å². The smallest absolute Gasteiger partial charge is 0.386 e. The van der Waals surface area contributed by atoms with E-state index in [1.54, 1.807) is 0 Å². The second-order valence-electron chi connectivity index (χ2n) is 5.65. The standard InChI is InChI=1S/C13H13F3N2O4S/c1-12(19)6-18(22-7-12)23(20,21)11-5-17-10-4-8(13(14,15)16)2-3-9(10)11/h2-5,17,19H,6-7H2,1H3. The van der Waals surface area contributed by atoms with Gasteiger partial charge >= 0.3 is 6.18 Å². The summed E-state index contributed by atoms with van der Waals surface area (Å²) in [6.07, 6.45) is -3.41. The predicted octanol–water partition coefficient (Wildman–Crippen LogP) is 1.87. The molecule has 0 aliphatic carbocycles. The van der Waals surface area contributed by atoms with E-state index in [1.807, 2.05) is 0 Å². The Hall–Kier alpha value is -1.62. The summed E-state index contributed by atoms with van der Waals surface area (Å²) < 4.78 is 63.8. The van der Waals surface area contributed by atoms with E-state index in [0.29, 0.717) is 4.47 Å². The largest absolute Gasteiger partial charge is 0.416 e. The number of alkyl halides is 3. The molecule has 2 heterocycles. The Bertz CT molecular complexity index is 858. The summed E-state index contributed by atoms with van der Waals surface area (Å²) in [6, 6.07) is 2.75. The number of hydroxylamine groups is 1. The van der Waals surface area contributed by atoms with Crippen molar-refractivity contribution in [2.75, 3.05) is 13.2 Å². The maximum atomic E-state index is 12.7. The lowest BCUT2D eigenvalue weighted by Crippen LogP contribution is -2.34. The molecule has 3 rings (SSSR count). The van der Waals surface area contributed by atoms with E-state index in [4.69, 9.17) is 4.84 Å². The number of aliphatic hydroxyl groups is 1. The topological polar surface area (TPSA) is 82.6 Å². The second-order valence-corrected chi connectivity index (χ2v) is 7.44. The molecule has 2 N–H and O–H groups in total. The van der Waals surface area contributed by atoms with Crippen molar-refractivity contribution in [3.63, 3.8) is 0 Å². The lowest BCUT2D eigenvalue weighted by atomic mass is 10.1. The molecule has 1 aromatic carbocycles. The van der Waals surface area contributed by atoms with Crippen LogP contribution in [0.1, 0.15) is 12.5 Å². The van der Waals surface area contributed by atoms with Crippen molar-refractivity contribution < 1.29 is 31.5 Å². The first-order chi connectivity index (χ1) is 10.5. The molecule has 1 atom stereocenters. The highest BCUT2D eigenvalue weighted by Crippen LogP contribution is 2.34. The van der Waals surface area contributed by atoms with E-state index in [0.717, 1.165) is 24.4 Å². The number of nitrogens with zero attached hydrogens (tertiary/aromatic N) is 1. The zero-order chi connectivity index (χ0) is 17.0. The summed E-state index contributed by atoms with van der Waals surface area (Å²) in [5, 5.41) is 9.92. The lowest BCUT2D eigenvalue weighted by Gasteiger charge is -2.15. The number of aromatic amines is 1. The molecule has 0 spiro atoms. The van der Waals surface area contributed by atoms with Crippen molar-refractivity contribution in [1.29, 1.82) is 0 Å². The quantitative estimate of drug-likeness (QED) is 0.866. The molecule has 1 unspecified atom stereocenters. The van der Waals surface area contributed by atoms with Gasteiger partial charge in [-0.15, -0.1) is 0 Å². The van der Waals surface area contributed by atoms with Gasteiger partial charge in [-0.1, -0.05) is 10.5 Å². The Balaban J connectivity index is 2.04. The molecule has 126 valence electrons. The fourth-order valence-electron chi connectivity index (χ4n) is 2.33. The van der Waals surface area contributed by atoms with Crippen molar-refractivity contribution in [2.45, 2.75) is 23.6 Å². The van der Waals surface area contributed by atoms with Crippen molar-refractivity contribution in [3.05, 3.63) is 30.0 Å². The third-order valence-electron chi connectivity index (χ3n) is 3.51. The molecule has 1 aliphatic rings. The predicted molar refractivity (Wildman–Crippen MR) is 73.8 cm³/mol. The number of benzene rings is 1. The van der Waals surface area contributed by atoms with Crippen LogP contribution >= 0.6 is 0 Å². The molecule has 0 amide bonds. The second kappa shape index (κ2) is 4.94. The minimum absolute atomic E-state index is 0.0457. The molecule has 1 aromatic heterocycles. The monoisotopic (exact) mass is 350 g/mol. The van der Waals surface area contributed by atoms with E-state index in [-0.39, 0.29) is 29.0 Å². The Kier molecular flexibility index (Phi) is 3.49. The van der Waals surface area contributed by atoms with Gasteiger partial charge in [0.05, 0.1) is 18.7 Å². The van der Waals surface area contributed by atoms with Gasteiger partial charge in [0.2, 0.25) is 0 Å². The van der Waals surface area contributed by atoms with Crippen LogP contribution in [0.25, 0.3) is 10.9 Å². The molecule has 0 radical (unpaired) electrons. The first kappa shape index (κ1) is 16.2. The van der Waals surface area contributed by atoms with Gasteiger partial charge in [-0.05, 0) is 19.1 Å². The summed E-state index contributed by atoms with van der Waals surface area (Å²) >= 11 is 0. The van der Waals surface area contributed by atoms with Crippen molar-refractivity contribution in [2.24, 2.45) is 0 Å². The van der Waals surface area contributed by atoms with Crippen LogP contribution in [0.2, 0.25) is 0 Å². The van der Waals surface area contributed by atoms with Crippen molar-refractivity contribution in [3.8, 4) is 0 Å². The minimum atomic E-state index is -4.52. The molecule has 10 heteroatoms. The number of H-pyrrole nitrogens is 1. The van der Waals surface area contributed by atoms with Crippen LogP contribution in [0.15, 0.2) is 29.3 Å². The van der Waals surface area contributed by atoms with Gasteiger partial charge in [0.1, 0.15) is 10.5 Å². The number of aromatic nitrogens is 1. The van der Waals surface area contributed by atoms with Gasteiger partial charge in [0.15, 0.2) is 0 Å². The zero-order valence-electron chi connectivity index (χ0n) is 11.9. The zero-order valence-corrected chi connectivity index (χ0v) is 12.7. The molecule has 0 saturated carbocycles. The highest BCUT2D eigenvalue weighted by Gasteiger charge is 2.41. The summed E-state index contributed by atoms with van der Waals surface area (Å²) in [5.41, 5.74) is -2.15. The maximum Gasteiger partial charge on any atom is 0.416 e. The molecule has 2 aromatic rings. The van der Waals surface area contributed by atoms with Gasteiger partial charge in [-0.3, -0.25) is 4.84 Å². The molecule has 1 aliphatic heterocycles. The van der Waals surface area contributed by atoms with E-state index in [9.17, 15) is 26.7 Å². The van der Waals surface area contributed by atoms with E-state index >= 15 is 0 Å². The van der Waals surface area contributed by atoms with Crippen LogP contribution in [0, 0.1) is 0 Å². The highest BCUT2D eigenvalue weighted by molar-refractivity contribution is 7.89. The van der Waals surface area contributed by atoms with E-state index in [2.05, 4.69) is 4.98 Å². The first-order valence-corrected chi connectivity index (χ1v) is 8.01. The van der Waals surface area contributed by atoms with Crippen LogP contribution in [-0.4, -0.2) is 41.7 Å². The number of sulfonamides is 1. The summed E-state index contributed by atoms with van der Waals surface area (Å²) in [5.74, 6) is 0. The normalized spacial score (nSPS) is 23.7. The number of hydrogen-bond acceptors (Lipinski definition) is 4. The van der Waals surface area contributed by atoms with Crippen LogP contribution in [0.4, 0.5) is 13.2 Å². The average Bonchev–Trinajstić information content (AvgIpc) is 3.00. The number of fused-ring (bicyclic) bond motifs is 1. The summed E-state index contributed by atoms with van der Waals surface area (Å²) in [6.45, 7) is 0.975. The molecule has 1 saturated heterocycles. The van der Waals surface area contributed by atoms with Crippen LogP contribution < -0.4 is 0 Å². The van der Waals surface area contributed by atoms with Gasteiger partial charge in [0.25, 0.3) is 10.0 Å². The van der Waals surface area contributed by atoms with Crippen molar-refractivity contribution >= 4 is 20.9 Å². The number of hydrogen-bond donors (Lipinski definition) is 2. The van der Waals surface area contributed by atoms with Crippen molar-refractivity contribution in [1.82, 2.24) is 9.45 Å². The Morgan fingerprint density at radius 2 is 2.09 bits per heavy atom. The van der Waals surface area contributed by atoms with Gasteiger partial charge < -0.3 is 10.1 Å². The number of nitrogens with one attached hydrogen (secondary N) is 1. The molecule has 1 fully saturated rings. The fraction of sp³-hybridized carbons (Fsp3) is 0.385. The fourth-order valence-corrected chi connectivity index (χ4v) is 3.86. The molecular formula is C13H13F3N2O4S. The maximum absolute atomic E-state index is 12.7. The average molecular weight is 350 g/mol. The molecule has 6 nitrogen and oxygen atoms in total. The van der Waals surface area contributed by atoms with E-state index < -0.39 is 27.4 Å². The highest BCUT2D eigenvalue weighted by atomic mass is 32.2. The number of halogens is 3. The first-order valence-electron chi connectivity index (χ1n) is 6.57. The minimum Gasteiger partial charge on any atom is -0.386 e. The molecule has 0 bridgehead atoms. The molecule has 23 heavy (non-hydrogen) atoms. The summed E-state index contributed by atoms with van der Waals surface area (Å²) in [7, 11) is -4.10. The van der Waals surface area contributed by atoms with E-state index in [1.165, 1.54) is 6.92 Å². The van der Waals surface area contributed by atoms with Gasteiger partial charge in [-0.2, -0.15) is 13.2 Å². The van der Waals surface area contributed by atoms with Crippen LogP contribution in [-0.2, 0) is 21.0 Å². The van der Waals surface area contributed by atoms with Gasteiger partial charge in [0, 0.05) is 17.1 Å². The van der Waals surface area contributed by atoms with Gasteiger partial charge in [-0.25, -0.2) is 8.42 Å². The Morgan fingerprint density at radius 1 is 1.39 bits per heavy atom. The Morgan fingerprint density at radius 3 is 2.65 bits per heavy atom. The molecular weight excluding hydrogens is 337 g/mol. The lowest BCUT2D eigenvalue weighted by molar-refractivity contribution is -0.137. The van der Waals surface area contributed by atoms with Crippen LogP contribution in [0.3, 0.4) is 0 Å².